The van der Waals surface area contributed by atoms with Gasteiger partial charge in [-0.1, -0.05) is 19.1 Å². The number of sulfonamides is 1. The molecule has 0 aliphatic carbocycles. The SMILES string of the molecule is CCNS(=O)(=O)c1ccccc1NC1CC2CCC(C1)N2. The van der Waals surface area contributed by atoms with E-state index in [2.05, 4.69) is 15.4 Å². The Balaban J connectivity index is 1.80. The van der Waals surface area contributed by atoms with Crippen LogP contribution in [-0.2, 0) is 10.0 Å². The predicted octanol–water partition coefficient (Wildman–Crippen LogP) is 1.68. The Morgan fingerprint density at radius 1 is 1.19 bits per heavy atom. The third-order valence-electron chi connectivity index (χ3n) is 4.34. The van der Waals surface area contributed by atoms with E-state index in [1.54, 1.807) is 19.1 Å². The molecule has 2 heterocycles. The second kappa shape index (κ2) is 5.94. The minimum Gasteiger partial charge on any atom is -0.381 e. The third-order valence-corrected chi connectivity index (χ3v) is 5.95. The van der Waals surface area contributed by atoms with Gasteiger partial charge in [0.2, 0.25) is 10.0 Å². The largest absolute Gasteiger partial charge is 0.381 e. The number of benzene rings is 1. The smallest absolute Gasteiger partial charge is 0.242 e. The molecular weight excluding hydrogens is 286 g/mol. The van der Waals surface area contributed by atoms with E-state index in [-0.39, 0.29) is 0 Å². The van der Waals surface area contributed by atoms with Crippen LogP contribution in [0.3, 0.4) is 0 Å². The molecule has 2 saturated heterocycles. The third kappa shape index (κ3) is 3.22. The quantitative estimate of drug-likeness (QED) is 0.774. The summed E-state index contributed by atoms with van der Waals surface area (Å²) in [5.74, 6) is 0. The second-order valence-corrected chi connectivity index (χ2v) is 7.68. The van der Waals surface area contributed by atoms with E-state index in [0.29, 0.717) is 35.3 Å². The van der Waals surface area contributed by atoms with Crippen LogP contribution in [0.15, 0.2) is 29.2 Å². The van der Waals surface area contributed by atoms with Crippen LogP contribution < -0.4 is 15.4 Å². The van der Waals surface area contributed by atoms with E-state index in [1.165, 1.54) is 12.8 Å². The Morgan fingerprint density at radius 3 is 2.52 bits per heavy atom. The number of nitrogens with one attached hydrogen (secondary N) is 3. The molecule has 2 aliphatic rings. The first-order valence-corrected chi connectivity index (χ1v) is 9.18. The van der Waals surface area contributed by atoms with Gasteiger partial charge in [-0.15, -0.1) is 0 Å². The molecule has 6 heteroatoms. The summed E-state index contributed by atoms with van der Waals surface area (Å²) >= 11 is 0. The molecule has 0 radical (unpaired) electrons. The molecule has 0 amide bonds. The molecule has 3 N–H and O–H groups in total. The molecule has 5 nitrogen and oxygen atoms in total. The Kier molecular flexibility index (Phi) is 4.19. The van der Waals surface area contributed by atoms with Crippen molar-refractivity contribution < 1.29 is 8.42 Å². The van der Waals surface area contributed by atoms with E-state index in [0.717, 1.165) is 12.8 Å². The van der Waals surface area contributed by atoms with Crippen LogP contribution in [0.5, 0.6) is 0 Å². The van der Waals surface area contributed by atoms with Gasteiger partial charge in [-0.2, -0.15) is 0 Å². The van der Waals surface area contributed by atoms with Crippen molar-refractivity contribution in [2.75, 3.05) is 11.9 Å². The lowest BCUT2D eigenvalue weighted by Crippen LogP contribution is -2.43. The zero-order chi connectivity index (χ0) is 14.9. The number of fused-ring (bicyclic) bond motifs is 2. The maximum atomic E-state index is 12.3. The summed E-state index contributed by atoms with van der Waals surface area (Å²) in [5, 5.41) is 7.06. The van der Waals surface area contributed by atoms with E-state index in [4.69, 9.17) is 0 Å². The van der Waals surface area contributed by atoms with Gasteiger partial charge in [0.25, 0.3) is 0 Å². The molecule has 2 atom stereocenters. The first-order valence-electron chi connectivity index (χ1n) is 7.70. The Morgan fingerprint density at radius 2 is 1.86 bits per heavy atom. The zero-order valence-corrected chi connectivity index (χ0v) is 13.1. The first kappa shape index (κ1) is 14.8. The standard InChI is InChI=1S/C15H23N3O2S/c1-2-16-21(19,20)15-6-4-3-5-14(15)18-13-9-11-7-8-12(10-13)17-11/h3-6,11-13,16-18H,2,7-10H2,1H3. The maximum absolute atomic E-state index is 12.3. The van der Waals surface area contributed by atoms with E-state index < -0.39 is 10.0 Å². The van der Waals surface area contributed by atoms with Gasteiger partial charge in [0.15, 0.2) is 0 Å². The molecule has 2 fully saturated rings. The van der Waals surface area contributed by atoms with Crippen LogP contribution in [0.25, 0.3) is 0 Å². The summed E-state index contributed by atoms with van der Waals surface area (Å²) < 4.78 is 27.1. The molecular formula is C15H23N3O2S. The van der Waals surface area contributed by atoms with Crippen molar-refractivity contribution in [1.29, 1.82) is 0 Å². The van der Waals surface area contributed by atoms with Crippen LogP contribution in [0, 0.1) is 0 Å². The molecule has 1 aromatic carbocycles. The molecule has 3 rings (SSSR count). The molecule has 0 saturated carbocycles. The first-order chi connectivity index (χ1) is 10.1. The van der Waals surface area contributed by atoms with Gasteiger partial charge in [-0.05, 0) is 37.8 Å². The van der Waals surface area contributed by atoms with E-state index >= 15 is 0 Å². The number of hydrogen-bond donors (Lipinski definition) is 3. The van der Waals surface area contributed by atoms with Crippen LogP contribution in [0.2, 0.25) is 0 Å². The van der Waals surface area contributed by atoms with Crippen LogP contribution in [0.1, 0.15) is 32.6 Å². The molecule has 0 spiro atoms. The minimum absolute atomic E-state index is 0.345. The van der Waals surface area contributed by atoms with Crippen molar-refractivity contribution in [1.82, 2.24) is 10.0 Å². The van der Waals surface area contributed by atoms with Gasteiger partial charge >= 0.3 is 0 Å². The fourth-order valence-corrected chi connectivity index (χ4v) is 4.69. The summed E-state index contributed by atoms with van der Waals surface area (Å²) in [6.45, 7) is 2.19. The zero-order valence-electron chi connectivity index (χ0n) is 12.3. The van der Waals surface area contributed by atoms with Gasteiger partial charge in [0, 0.05) is 24.7 Å². The minimum atomic E-state index is -3.43. The van der Waals surface area contributed by atoms with Crippen LogP contribution in [0.4, 0.5) is 5.69 Å². The number of hydrogen-bond acceptors (Lipinski definition) is 4. The average molecular weight is 309 g/mol. The van der Waals surface area contributed by atoms with Crippen molar-refractivity contribution in [2.45, 2.75) is 55.6 Å². The van der Waals surface area contributed by atoms with E-state index in [9.17, 15) is 8.42 Å². The van der Waals surface area contributed by atoms with Crippen molar-refractivity contribution in [3.05, 3.63) is 24.3 Å². The average Bonchev–Trinajstić information content (AvgIpc) is 2.78. The van der Waals surface area contributed by atoms with Gasteiger partial charge in [-0.25, -0.2) is 13.1 Å². The van der Waals surface area contributed by atoms with Crippen molar-refractivity contribution in [2.24, 2.45) is 0 Å². The highest BCUT2D eigenvalue weighted by Crippen LogP contribution is 2.30. The molecule has 116 valence electrons. The number of anilines is 1. The Labute approximate surface area is 126 Å². The summed E-state index contributed by atoms with van der Waals surface area (Å²) in [7, 11) is -3.43. The van der Waals surface area contributed by atoms with Crippen LogP contribution in [-0.4, -0.2) is 33.1 Å². The second-order valence-electron chi connectivity index (χ2n) is 5.95. The molecule has 2 bridgehead atoms. The van der Waals surface area contributed by atoms with Gasteiger partial charge in [0.05, 0.1) is 5.69 Å². The lowest BCUT2D eigenvalue weighted by atomic mass is 9.99. The highest BCUT2D eigenvalue weighted by molar-refractivity contribution is 7.89. The summed E-state index contributed by atoms with van der Waals surface area (Å²) in [5.41, 5.74) is 0.713. The molecule has 2 unspecified atom stereocenters. The van der Waals surface area contributed by atoms with Gasteiger partial charge in [0.1, 0.15) is 4.90 Å². The number of para-hydroxylation sites is 1. The molecule has 0 aromatic heterocycles. The van der Waals surface area contributed by atoms with Crippen molar-refractivity contribution >= 4 is 15.7 Å². The normalized spacial score (nSPS) is 28.5. The monoisotopic (exact) mass is 309 g/mol. The molecule has 1 aromatic rings. The fourth-order valence-electron chi connectivity index (χ4n) is 3.48. The van der Waals surface area contributed by atoms with Gasteiger partial charge < -0.3 is 10.6 Å². The Bertz CT molecular complexity index is 591. The van der Waals surface area contributed by atoms with E-state index in [1.807, 2.05) is 12.1 Å². The lowest BCUT2D eigenvalue weighted by molar-refractivity contribution is 0.378. The summed E-state index contributed by atoms with van der Waals surface area (Å²) in [4.78, 5) is 0.345. The van der Waals surface area contributed by atoms with Crippen molar-refractivity contribution in [3.63, 3.8) is 0 Å². The van der Waals surface area contributed by atoms with Crippen molar-refractivity contribution in [3.8, 4) is 0 Å². The predicted molar refractivity (Wildman–Crippen MR) is 83.9 cm³/mol. The fraction of sp³-hybridized carbons (Fsp3) is 0.600. The maximum Gasteiger partial charge on any atom is 0.242 e. The summed E-state index contributed by atoms with van der Waals surface area (Å²) in [6.07, 6.45) is 4.60. The highest BCUT2D eigenvalue weighted by Gasteiger charge is 2.33. The lowest BCUT2D eigenvalue weighted by Gasteiger charge is -2.31. The topological polar surface area (TPSA) is 70.2 Å². The number of rotatable bonds is 5. The molecule has 2 aliphatic heterocycles. The summed E-state index contributed by atoms with van der Waals surface area (Å²) in [6, 6.07) is 8.67. The Hall–Kier alpha value is -1.11. The molecule has 21 heavy (non-hydrogen) atoms. The van der Waals surface area contributed by atoms with Crippen LogP contribution >= 0.6 is 0 Å². The number of piperidine rings is 1. The van der Waals surface area contributed by atoms with Gasteiger partial charge in [-0.3, -0.25) is 0 Å². The highest BCUT2D eigenvalue weighted by atomic mass is 32.2.